The summed E-state index contributed by atoms with van der Waals surface area (Å²) in [6.45, 7) is 5.60. The second-order valence-corrected chi connectivity index (χ2v) is 5.68. The van der Waals surface area contributed by atoms with Crippen LogP contribution >= 0.6 is 0 Å². The van der Waals surface area contributed by atoms with E-state index in [1.807, 2.05) is 38.1 Å². The zero-order valence-electron chi connectivity index (χ0n) is 13.0. The molecule has 0 spiro atoms. The summed E-state index contributed by atoms with van der Waals surface area (Å²) >= 11 is 0. The van der Waals surface area contributed by atoms with Crippen LogP contribution in [0.25, 0.3) is 0 Å². The average Bonchev–Trinajstić information content (AvgIpc) is 2.45. The minimum Gasteiger partial charge on any atom is -0.497 e. The maximum absolute atomic E-state index is 12.0. The number of benzene rings is 1. The maximum atomic E-state index is 12.0. The lowest BCUT2D eigenvalue weighted by atomic mass is 9.76. The number of carbonyl (C=O) groups is 2. The first kappa shape index (κ1) is 17.0. The topological polar surface area (TPSA) is 75.6 Å². The lowest BCUT2D eigenvalue weighted by Gasteiger charge is -2.28. The van der Waals surface area contributed by atoms with E-state index < -0.39 is 11.4 Å². The monoisotopic (exact) mass is 293 g/mol. The fourth-order valence-electron chi connectivity index (χ4n) is 1.87. The molecule has 0 saturated carbocycles. The van der Waals surface area contributed by atoms with Crippen molar-refractivity contribution in [1.29, 1.82) is 0 Å². The highest BCUT2D eigenvalue weighted by atomic mass is 16.5. The Morgan fingerprint density at radius 2 is 1.86 bits per heavy atom. The van der Waals surface area contributed by atoms with Gasteiger partial charge in [0.25, 0.3) is 0 Å². The maximum Gasteiger partial charge on any atom is 0.310 e. The number of nitrogens with one attached hydrogen (secondary N) is 1. The number of hydrogen-bond donors (Lipinski definition) is 2. The molecule has 5 nitrogen and oxygen atoms in total. The Kier molecular flexibility index (Phi) is 5.76. The van der Waals surface area contributed by atoms with Crippen molar-refractivity contribution < 1.29 is 19.4 Å². The summed E-state index contributed by atoms with van der Waals surface area (Å²) in [5, 5.41) is 12.1. The van der Waals surface area contributed by atoms with Crippen molar-refractivity contribution in [3.05, 3.63) is 29.8 Å². The number of carboxylic acid groups (broad SMARTS) is 1. The molecule has 116 valence electrons. The van der Waals surface area contributed by atoms with E-state index in [-0.39, 0.29) is 18.2 Å². The molecule has 0 aromatic heterocycles. The molecule has 2 N–H and O–H groups in total. The molecule has 1 unspecified atom stereocenters. The SMILES string of the molecule is COc1ccc(CNC(=O)CC(C)(C(=O)O)C(C)C)cc1. The number of ether oxygens (including phenoxy) is 1. The first-order chi connectivity index (χ1) is 9.79. The van der Waals surface area contributed by atoms with Gasteiger partial charge in [0, 0.05) is 13.0 Å². The second kappa shape index (κ2) is 7.11. The number of amides is 1. The molecule has 0 bridgehead atoms. The number of methoxy groups -OCH3 is 1. The molecule has 0 heterocycles. The van der Waals surface area contributed by atoms with Crippen LogP contribution in [-0.2, 0) is 16.1 Å². The first-order valence-electron chi connectivity index (χ1n) is 6.92. The molecule has 1 aromatic rings. The summed E-state index contributed by atoms with van der Waals surface area (Å²) in [4.78, 5) is 23.3. The number of carbonyl (C=O) groups excluding carboxylic acids is 1. The number of carboxylic acids is 1. The molecule has 0 fully saturated rings. The highest BCUT2D eigenvalue weighted by molar-refractivity contribution is 5.84. The normalized spacial score (nSPS) is 13.6. The minimum atomic E-state index is -1.05. The van der Waals surface area contributed by atoms with Gasteiger partial charge in [-0.2, -0.15) is 0 Å². The van der Waals surface area contributed by atoms with Gasteiger partial charge in [0.1, 0.15) is 5.75 Å². The van der Waals surface area contributed by atoms with Gasteiger partial charge in [0.15, 0.2) is 0 Å². The van der Waals surface area contributed by atoms with Crippen LogP contribution in [0.2, 0.25) is 0 Å². The Balaban J connectivity index is 2.58. The predicted octanol–water partition coefficient (Wildman–Crippen LogP) is 2.45. The first-order valence-corrected chi connectivity index (χ1v) is 6.92. The molecule has 1 amide bonds. The highest BCUT2D eigenvalue weighted by Gasteiger charge is 2.38. The third-order valence-corrected chi connectivity index (χ3v) is 3.94. The Morgan fingerprint density at radius 1 is 1.29 bits per heavy atom. The van der Waals surface area contributed by atoms with Gasteiger partial charge < -0.3 is 15.2 Å². The predicted molar refractivity (Wildman–Crippen MR) is 80.0 cm³/mol. The molecule has 1 aromatic carbocycles. The van der Waals surface area contributed by atoms with E-state index in [0.717, 1.165) is 11.3 Å². The lowest BCUT2D eigenvalue weighted by molar-refractivity contribution is -0.153. The third kappa shape index (κ3) is 4.48. The Hall–Kier alpha value is -2.04. The standard InChI is InChI=1S/C16H23NO4/c1-11(2)16(3,15(19)20)9-14(18)17-10-12-5-7-13(21-4)8-6-12/h5-8,11H,9-10H2,1-4H3,(H,17,18)(H,19,20). The Bertz CT molecular complexity index is 496. The van der Waals surface area contributed by atoms with Crippen molar-refractivity contribution in [2.45, 2.75) is 33.7 Å². The van der Waals surface area contributed by atoms with E-state index in [0.29, 0.717) is 6.54 Å². The molecule has 0 radical (unpaired) electrons. The van der Waals surface area contributed by atoms with Crippen LogP contribution in [0.4, 0.5) is 0 Å². The molecular weight excluding hydrogens is 270 g/mol. The molecule has 0 aliphatic carbocycles. The van der Waals surface area contributed by atoms with Gasteiger partial charge in [-0.1, -0.05) is 26.0 Å². The fraction of sp³-hybridized carbons (Fsp3) is 0.500. The summed E-state index contributed by atoms with van der Waals surface area (Å²) in [6, 6.07) is 7.35. The van der Waals surface area contributed by atoms with Gasteiger partial charge in [-0.15, -0.1) is 0 Å². The number of rotatable bonds is 7. The van der Waals surface area contributed by atoms with Crippen LogP contribution in [0.1, 0.15) is 32.8 Å². The summed E-state index contributed by atoms with van der Waals surface area (Å²) < 4.78 is 5.06. The average molecular weight is 293 g/mol. The quantitative estimate of drug-likeness (QED) is 0.809. The lowest BCUT2D eigenvalue weighted by Crippen LogP contribution is -2.39. The minimum absolute atomic E-state index is 0.0316. The summed E-state index contributed by atoms with van der Waals surface area (Å²) in [7, 11) is 1.59. The number of hydrogen-bond acceptors (Lipinski definition) is 3. The number of aliphatic carboxylic acids is 1. The molecule has 0 saturated heterocycles. The molecule has 1 atom stereocenters. The second-order valence-electron chi connectivity index (χ2n) is 5.68. The molecule has 1 rings (SSSR count). The summed E-state index contributed by atoms with van der Waals surface area (Å²) in [6.07, 6.45) is -0.0316. The molecule has 0 aliphatic rings. The smallest absolute Gasteiger partial charge is 0.310 e. The van der Waals surface area contributed by atoms with Crippen molar-refractivity contribution in [3.63, 3.8) is 0 Å². The van der Waals surface area contributed by atoms with E-state index >= 15 is 0 Å². The zero-order chi connectivity index (χ0) is 16.0. The largest absolute Gasteiger partial charge is 0.497 e. The van der Waals surface area contributed by atoms with E-state index in [9.17, 15) is 14.7 Å². The van der Waals surface area contributed by atoms with Crippen molar-refractivity contribution in [2.24, 2.45) is 11.3 Å². The van der Waals surface area contributed by atoms with E-state index in [4.69, 9.17) is 4.74 Å². The van der Waals surface area contributed by atoms with Crippen LogP contribution in [0.3, 0.4) is 0 Å². The van der Waals surface area contributed by atoms with Gasteiger partial charge in [0.2, 0.25) is 5.91 Å². The highest BCUT2D eigenvalue weighted by Crippen LogP contribution is 2.31. The van der Waals surface area contributed by atoms with E-state index in [1.54, 1.807) is 14.0 Å². The van der Waals surface area contributed by atoms with Gasteiger partial charge in [0.05, 0.1) is 12.5 Å². The summed E-state index contributed by atoms with van der Waals surface area (Å²) in [5.74, 6) is -0.577. The van der Waals surface area contributed by atoms with E-state index in [2.05, 4.69) is 5.32 Å². The summed E-state index contributed by atoms with van der Waals surface area (Å²) in [5.41, 5.74) is -0.116. The Morgan fingerprint density at radius 3 is 2.29 bits per heavy atom. The third-order valence-electron chi connectivity index (χ3n) is 3.94. The molecule has 21 heavy (non-hydrogen) atoms. The van der Waals surface area contributed by atoms with Crippen LogP contribution in [0.5, 0.6) is 5.75 Å². The molecule has 0 aliphatic heterocycles. The van der Waals surface area contributed by atoms with Gasteiger partial charge in [-0.05, 0) is 30.5 Å². The fourth-order valence-corrected chi connectivity index (χ4v) is 1.87. The van der Waals surface area contributed by atoms with E-state index in [1.165, 1.54) is 0 Å². The molecule has 5 heteroatoms. The van der Waals surface area contributed by atoms with Crippen molar-refractivity contribution in [2.75, 3.05) is 7.11 Å². The Labute approximate surface area is 125 Å². The van der Waals surface area contributed by atoms with Crippen molar-refractivity contribution in [1.82, 2.24) is 5.32 Å². The zero-order valence-corrected chi connectivity index (χ0v) is 13.0. The molecular formula is C16H23NO4. The van der Waals surface area contributed by atoms with Crippen LogP contribution < -0.4 is 10.1 Å². The van der Waals surface area contributed by atoms with Crippen molar-refractivity contribution >= 4 is 11.9 Å². The van der Waals surface area contributed by atoms with Crippen molar-refractivity contribution in [3.8, 4) is 5.75 Å². The van der Waals surface area contributed by atoms with Gasteiger partial charge in [-0.25, -0.2) is 0 Å². The van der Waals surface area contributed by atoms with Crippen LogP contribution in [-0.4, -0.2) is 24.1 Å². The van der Waals surface area contributed by atoms with Gasteiger partial charge in [-0.3, -0.25) is 9.59 Å². The van der Waals surface area contributed by atoms with Gasteiger partial charge >= 0.3 is 5.97 Å². The van der Waals surface area contributed by atoms with Crippen LogP contribution in [0.15, 0.2) is 24.3 Å². The van der Waals surface area contributed by atoms with Crippen LogP contribution in [0, 0.1) is 11.3 Å².